The summed E-state index contributed by atoms with van der Waals surface area (Å²) in [6.45, 7) is 5.51. The van der Waals surface area contributed by atoms with Gasteiger partial charge in [0.25, 0.3) is 0 Å². The number of aliphatic hydroxyl groups excluding tert-OH is 1. The van der Waals surface area contributed by atoms with Crippen molar-refractivity contribution in [3.8, 4) is 0 Å². The summed E-state index contributed by atoms with van der Waals surface area (Å²) in [6.07, 6.45) is 1.29. The van der Waals surface area contributed by atoms with E-state index in [1.54, 1.807) is 0 Å². The van der Waals surface area contributed by atoms with Crippen LogP contribution in [0.2, 0.25) is 0 Å². The van der Waals surface area contributed by atoms with Crippen molar-refractivity contribution in [2.75, 3.05) is 0 Å². The fraction of sp³-hybridized carbons (Fsp3) is 0.800. The third kappa shape index (κ3) is 6.33. The van der Waals surface area contributed by atoms with Gasteiger partial charge in [0, 0.05) is 0 Å². The molecule has 0 aromatic heterocycles. The van der Waals surface area contributed by atoms with Crippen LogP contribution in [0.3, 0.4) is 0 Å². The maximum Gasteiger partial charge on any atom is 0.140 e. The lowest BCUT2D eigenvalue weighted by molar-refractivity contribution is -0.114. The van der Waals surface area contributed by atoms with Gasteiger partial charge in [-0.15, -0.1) is 0 Å². The Morgan fingerprint density at radius 3 is 2.07 bits per heavy atom. The van der Waals surface area contributed by atoms with Gasteiger partial charge in [0.2, 0.25) is 0 Å². The van der Waals surface area contributed by atoms with Gasteiger partial charge in [0.1, 0.15) is 18.6 Å². The molecule has 0 fully saturated rings. The fourth-order valence-electron chi connectivity index (χ4n) is 1.13. The maximum atomic E-state index is 10.7. The lowest BCUT2D eigenvalue weighted by Gasteiger charge is -2.20. The molecule has 0 aromatic carbocycles. The van der Waals surface area contributed by atoms with Gasteiger partial charge in [0.05, 0.1) is 12.1 Å². The van der Waals surface area contributed by atoms with Crippen molar-refractivity contribution in [1.82, 2.24) is 10.9 Å². The molecule has 0 unspecified atom stereocenters. The summed E-state index contributed by atoms with van der Waals surface area (Å²) in [7, 11) is 0. The molecule has 15 heavy (non-hydrogen) atoms. The zero-order chi connectivity index (χ0) is 11.8. The summed E-state index contributed by atoms with van der Waals surface area (Å²) < 4.78 is 0. The van der Waals surface area contributed by atoms with E-state index in [0.29, 0.717) is 18.6 Å². The standard InChI is InChI=1S/C10H20N2O3/c1-7(2)4-9(5-13)11-12-10(6-14)8(3)15/h5-12,15H,4H2,1-3H3/t8-,9+,10-/m1/s1. The van der Waals surface area contributed by atoms with E-state index in [9.17, 15) is 9.59 Å². The molecule has 0 aliphatic heterocycles. The molecule has 3 N–H and O–H groups in total. The number of carbonyl (C=O) groups excluding carboxylic acids is 2. The topological polar surface area (TPSA) is 78.4 Å². The highest BCUT2D eigenvalue weighted by Gasteiger charge is 2.15. The minimum atomic E-state index is -0.790. The van der Waals surface area contributed by atoms with E-state index in [4.69, 9.17) is 5.11 Å². The van der Waals surface area contributed by atoms with Gasteiger partial charge < -0.3 is 14.7 Å². The largest absolute Gasteiger partial charge is 0.391 e. The molecule has 0 aromatic rings. The molecule has 0 saturated carbocycles. The van der Waals surface area contributed by atoms with Crippen molar-refractivity contribution in [3.63, 3.8) is 0 Å². The Labute approximate surface area is 90.2 Å². The fourth-order valence-corrected chi connectivity index (χ4v) is 1.13. The normalized spacial score (nSPS) is 17.1. The molecule has 0 aliphatic carbocycles. The Bertz CT molecular complexity index is 195. The molecular formula is C10H20N2O3. The lowest BCUT2D eigenvalue weighted by Crippen LogP contribution is -2.52. The molecule has 0 radical (unpaired) electrons. The summed E-state index contributed by atoms with van der Waals surface area (Å²) >= 11 is 0. The van der Waals surface area contributed by atoms with E-state index < -0.39 is 12.1 Å². The molecule has 0 amide bonds. The number of hydrogen-bond donors (Lipinski definition) is 3. The summed E-state index contributed by atoms with van der Waals surface area (Å²) in [5.41, 5.74) is 5.35. The molecule has 0 heterocycles. The molecule has 0 saturated heterocycles. The predicted molar refractivity (Wildman–Crippen MR) is 57.1 cm³/mol. The van der Waals surface area contributed by atoms with Crippen LogP contribution in [0.15, 0.2) is 0 Å². The van der Waals surface area contributed by atoms with E-state index >= 15 is 0 Å². The second-order valence-corrected chi connectivity index (χ2v) is 4.06. The molecule has 0 spiro atoms. The molecule has 3 atom stereocenters. The molecule has 5 nitrogen and oxygen atoms in total. The first-order valence-electron chi connectivity index (χ1n) is 5.11. The van der Waals surface area contributed by atoms with Crippen molar-refractivity contribution >= 4 is 12.6 Å². The van der Waals surface area contributed by atoms with Gasteiger partial charge in [-0.2, -0.15) is 0 Å². The van der Waals surface area contributed by atoms with Crippen molar-refractivity contribution in [2.24, 2.45) is 5.92 Å². The highest BCUT2D eigenvalue weighted by atomic mass is 16.3. The summed E-state index contributed by atoms with van der Waals surface area (Å²) in [4.78, 5) is 21.2. The highest BCUT2D eigenvalue weighted by Crippen LogP contribution is 2.02. The average molecular weight is 216 g/mol. The number of carbonyl (C=O) groups is 2. The van der Waals surface area contributed by atoms with Crippen LogP contribution in [0.1, 0.15) is 27.2 Å². The maximum absolute atomic E-state index is 10.7. The van der Waals surface area contributed by atoms with Gasteiger partial charge in [-0.05, 0) is 19.3 Å². The van der Waals surface area contributed by atoms with Crippen LogP contribution in [-0.4, -0.2) is 35.9 Å². The van der Waals surface area contributed by atoms with Crippen LogP contribution >= 0.6 is 0 Å². The minimum Gasteiger partial charge on any atom is -0.391 e. The van der Waals surface area contributed by atoms with Gasteiger partial charge >= 0.3 is 0 Å². The first-order chi connectivity index (χ1) is 7.01. The van der Waals surface area contributed by atoms with E-state index in [-0.39, 0.29) is 6.04 Å². The third-order valence-corrected chi connectivity index (χ3v) is 1.99. The average Bonchev–Trinajstić information content (AvgIpc) is 2.15. The summed E-state index contributed by atoms with van der Waals surface area (Å²) in [6, 6.07) is -1.04. The number of nitrogens with one attached hydrogen (secondary N) is 2. The smallest absolute Gasteiger partial charge is 0.140 e. The number of aldehydes is 2. The van der Waals surface area contributed by atoms with E-state index in [2.05, 4.69) is 10.9 Å². The number of hydrogen-bond acceptors (Lipinski definition) is 5. The first-order valence-corrected chi connectivity index (χ1v) is 5.11. The van der Waals surface area contributed by atoms with Crippen molar-refractivity contribution in [2.45, 2.75) is 45.4 Å². The van der Waals surface area contributed by atoms with E-state index in [1.165, 1.54) is 6.92 Å². The van der Waals surface area contributed by atoms with Crippen LogP contribution in [0, 0.1) is 5.92 Å². The zero-order valence-corrected chi connectivity index (χ0v) is 9.43. The van der Waals surface area contributed by atoms with Crippen LogP contribution in [0.25, 0.3) is 0 Å². The zero-order valence-electron chi connectivity index (χ0n) is 9.43. The van der Waals surface area contributed by atoms with Crippen LogP contribution in [-0.2, 0) is 9.59 Å². The Kier molecular flexibility index (Phi) is 7.11. The summed E-state index contributed by atoms with van der Waals surface area (Å²) in [5.74, 6) is 0.385. The number of aliphatic hydroxyl groups is 1. The quantitative estimate of drug-likeness (QED) is 0.381. The Morgan fingerprint density at radius 2 is 1.73 bits per heavy atom. The summed E-state index contributed by atoms with van der Waals surface area (Å²) in [5, 5.41) is 9.16. The second-order valence-electron chi connectivity index (χ2n) is 4.06. The van der Waals surface area contributed by atoms with Crippen LogP contribution in [0.5, 0.6) is 0 Å². The predicted octanol–water partition coefficient (Wildman–Crippen LogP) is -0.357. The minimum absolute atomic E-state index is 0.341. The van der Waals surface area contributed by atoms with Crippen molar-refractivity contribution in [1.29, 1.82) is 0 Å². The van der Waals surface area contributed by atoms with Crippen molar-refractivity contribution in [3.05, 3.63) is 0 Å². The number of hydrazine groups is 1. The first kappa shape index (κ1) is 14.2. The third-order valence-electron chi connectivity index (χ3n) is 1.99. The Hall–Kier alpha value is -0.780. The van der Waals surface area contributed by atoms with Crippen LogP contribution in [0.4, 0.5) is 0 Å². The Morgan fingerprint density at radius 1 is 1.13 bits per heavy atom. The monoisotopic (exact) mass is 216 g/mol. The Balaban J connectivity index is 3.97. The van der Waals surface area contributed by atoms with Gasteiger partial charge in [0.15, 0.2) is 0 Å². The van der Waals surface area contributed by atoms with Gasteiger partial charge in [-0.1, -0.05) is 13.8 Å². The molecule has 0 rings (SSSR count). The highest BCUT2D eigenvalue weighted by molar-refractivity contribution is 5.59. The molecular weight excluding hydrogens is 196 g/mol. The van der Waals surface area contributed by atoms with Gasteiger partial charge in [-0.25, -0.2) is 10.9 Å². The molecule has 88 valence electrons. The van der Waals surface area contributed by atoms with Crippen molar-refractivity contribution < 1.29 is 14.7 Å². The van der Waals surface area contributed by atoms with Crippen LogP contribution < -0.4 is 10.9 Å². The molecule has 0 bridgehead atoms. The number of rotatable bonds is 8. The molecule has 0 aliphatic rings. The van der Waals surface area contributed by atoms with E-state index in [0.717, 1.165) is 6.29 Å². The SMILES string of the molecule is CC(C)C[C@@H](C=O)NN[C@H](C=O)[C@@H](C)O. The molecule has 5 heteroatoms. The lowest BCUT2D eigenvalue weighted by atomic mass is 10.1. The van der Waals surface area contributed by atoms with Gasteiger partial charge in [-0.3, -0.25) is 0 Å². The van der Waals surface area contributed by atoms with E-state index in [1.807, 2.05) is 13.8 Å². The second kappa shape index (κ2) is 7.50.